The maximum Gasteiger partial charge on any atom is 0.253 e. The van der Waals surface area contributed by atoms with Crippen LogP contribution < -0.4 is 10.5 Å². The minimum absolute atomic E-state index is 0.128. The zero-order valence-electron chi connectivity index (χ0n) is 20.8. The van der Waals surface area contributed by atoms with Gasteiger partial charge in [0.05, 0.1) is 23.4 Å². The maximum absolute atomic E-state index is 13.4. The van der Waals surface area contributed by atoms with Gasteiger partial charge in [-0.05, 0) is 53.1 Å². The molecule has 1 aliphatic heterocycles. The van der Waals surface area contributed by atoms with Crippen LogP contribution in [0.4, 0.5) is 5.13 Å². The lowest BCUT2D eigenvalue weighted by atomic mass is 10.0. The molecule has 0 amide bonds. The summed E-state index contributed by atoms with van der Waals surface area (Å²) in [7, 11) is 1.65. The van der Waals surface area contributed by atoms with Gasteiger partial charge in [-0.2, -0.15) is 0 Å². The number of nitrogens with one attached hydrogen (secondary N) is 1. The maximum atomic E-state index is 13.4. The summed E-state index contributed by atoms with van der Waals surface area (Å²) >= 11 is 1.72. The number of benzene rings is 2. The van der Waals surface area contributed by atoms with E-state index in [1.54, 1.807) is 23.1 Å². The highest BCUT2D eigenvalue weighted by Gasteiger charge is 2.33. The van der Waals surface area contributed by atoms with Crippen LogP contribution in [0.1, 0.15) is 23.0 Å². The molecule has 1 fully saturated rings. The lowest BCUT2D eigenvalue weighted by Gasteiger charge is -2.38. The molecule has 0 saturated carbocycles. The van der Waals surface area contributed by atoms with Gasteiger partial charge in [0.25, 0.3) is 5.56 Å². The van der Waals surface area contributed by atoms with Gasteiger partial charge in [0.15, 0.2) is 11.0 Å². The molecule has 37 heavy (non-hydrogen) atoms. The molecule has 6 rings (SSSR count). The lowest BCUT2D eigenvalue weighted by Crippen LogP contribution is -2.49. The summed E-state index contributed by atoms with van der Waals surface area (Å²) in [6.07, 6.45) is 0. The van der Waals surface area contributed by atoms with Crippen molar-refractivity contribution >= 4 is 37.6 Å². The Labute approximate surface area is 217 Å². The monoisotopic (exact) mass is 516 g/mol. The van der Waals surface area contributed by atoms with Crippen LogP contribution in [0.25, 0.3) is 21.1 Å². The number of hydrogen-bond acceptors (Lipinski definition) is 9. The van der Waals surface area contributed by atoms with E-state index in [4.69, 9.17) is 9.72 Å². The summed E-state index contributed by atoms with van der Waals surface area (Å²) in [5.41, 5.74) is 3.49. The summed E-state index contributed by atoms with van der Waals surface area (Å²) in [6.45, 7) is 6.09. The third-order valence-corrected chi connectivity index (χ3v) is 7.96. The van der Waals surface area contributed by atoms with Crippen LogP contribution in [0.5, 0.6) is 0 Å². The van der Waals surface area contributed by atoms with Gasteiger partial charge in [0, 0.05) is 44.4 Å². The molecule has 0 radical (unpaired) electrons. The zero-order chi connectivity index (χ0) is 25.4. The van der Waals surface area contributed by atoms with Crippen molar-refractivity contribution in [1.82, 2.24) is 35.1 Å². The van der Waals surface area contributed by atoms with Crippen molar-refractivity contribution in [3.8, 4) is 0 Å². The third kappa shape index (κ3) is 4.61. The molecule has 0 spiro atoms. The molecule has 190 valence electrons. The number of thiazole rings is 1. The second-order valence-electron chi connectivity index (χ2n) is 9.29. The van der Waals surface area contributed by atoms with Crippen LogP contribution in [0.2, 0.25) is 0 Å². The molecule has 4 heterocycles. The Morgan fingerprint density at radius 2 is 1.95 bits per heavy atom. The number of aromatic amines is 1. The van der Waals surface area contributed by atoms with E-state index in [-0.39, 0.29) is 5.56 Å². The third-order valence-electron chi connectivity index (χ3n) is 6.87. The summed E-state index contributed by atoms with van der Waals surface area (Å²) in [5.74, 6) is 0.642. The second kappa shape index (κ2) is 10.0. The number of fused-ring (bicyclic) bond motifs is 2. The number of piperazine rings is 1. The SMILES string of the molecule is COCCn1nnnc1C(c1cc2cc(C)ccc2[nH]c1=O)N1CCN(c2nc3ccccc3s2)CC1. The van der Waals surface area contributed by atoms with Crippen LogP contribution in [0.3, 0.4) is 0 Å². The van der Waals surface area contributed by atoms with Gasteiger partial charge in [0.1, 0.15) is 6.04 Å². The Hall–Kier alpha value is -3.67. The van der Waals surface area contributed by atoms with Gasteiger partial charge >= 0.3 is 0 Å². The smallest absolute Gasteiger partial charge is 0.253 e. The highest BCUT2D eigenvalue weighted by molar-refractivity contribution is 7.22. The number of aryl methyl sites for hydroxylation is 1. The Morgan fingerprint density at radius 3 is 2.76 bits per heavy atom. The van der Waals surface area contributed by atoms with Crippen molar-refractivity contribution in [3.05, 3.63) is 75.8 Å². The Balaban J connectivity index is 1.35. The van der Waals surface area contributed by atoms with Crippen LogP contribution in [-0.2, 0) is 11.3 Å². The fourth-order valence-electron chi connectivity index (χ4n) is 4.96. The average Bonchev–Trinajstić information content (AvgIpc) is 3.56. The fraction of sp³-hybridized carbons (Fsp3) is 0.346. The summed E-state index contributed by atoms with van der Waals surface area (Å²) in [6, 6.07) is 15.9. The van der Waals surface area contributed by atoms with Crippen molar-refractivity contribution in [3.63, 3.8) is 0 Å². The number of ether oxygens (including phenoxy) is 1. The number of rotatable bonds is 7. The van der Waals surface area contributed by atoms with E-state index in [1.165, 1.54) is 4.70 Å². The number of methoxy groups -OCH3 is 1. The van der Waals surface area contributed by atoms with Crippen molar-refractivity contribution in [1.29, 1.82) is 0 Å². The Morgan fingerprint density at radius 1 is 1.11 bits per heavy atom. The zero-order valence-corrected chi connectivity index (χ0v) is 21.6. The van der Waals surface area contributed by atoms with Gasteiger partial charge in [0.2, 0.25) is 0 Å². The molecular formula is C26H28N8O2S. The normalized spacial score (nSPS) is 15.6. The highest BCUT2D eigenvalue weighted by atomic mass is 32.1. The van der Waals surface area contributed by atoms with Gasteiger partial charge in [-0.15, -0.1) is 5.10 Å². The first-order valence-electron chi connectivity index (χ1n) is 12.3. The van der Waals surface area contributed by atoms with E-state index < -0.39 is 6.04 Å². The molecule has 1 N–H and O–H groups in total. The number of hydrogen-bond donors (Lipinski definition) is 1. The molecule has 1 atom stereocenters. The molecule has 0 aliphatic carbocycles. The Kier molecular flexibility index (Phi) is 6.41. The molecule has 3 aromatic heterocycles. The van der Waals surface area contributed by atoms with Gasteiger partial charge in [-0.3, -0.25) is 9.69 Å². The van der Waals surface area contributed by atoms with Crippen LogP contribution >= 0.6 is 11.3 Å². The lowest BCUT2D eigenvalue weighted by molar-refractivity contribution is 0.171. The predicted molar refractivity (Wildman–Crippen MR) is 144 cm³/mol. The van der Waals surface area contributed by atoms with Crippen LogP contribution in [-0.4, -0.2) is 75.0 Å². The van der Waals surface area contributed by atoms with Crippen molar-refractivity contribution < 1.29 is 4.74 Å². The van der Waals surface area contributed by atoms with Gasteiger partial charge in [-0.1, -0.05) is 35.1 Å². The Bertz CT molecular complexity index is 1570. The predicted octanol–water partition coefficient (Wildman–Crippen LogP) is 2.99. The van der Waals surface area contributed by atoms with Crippen molar-refractivity contribution in [2.75, 3.05) is 44.8 Å². The minimum Gasteiger partial charge on any atom is -0.383 e. The molecule has 2 aromatic carbocycles. The van der Waals surface area contributed by atoms with Crippen LogP contribution in [0.15, 0.2) is 53.3 Å². The van der Waals surface area contributed by atoms with E-state index in [2.05, 4.69) is 48.5 Å². The number of tetrazole rings is 1. The number of aromatic nitrogens is 6. The van der Waals surface area contributed by atoms with Crippen molar-refractivity contribution in [2.45, 2.75) is 19.5 Å². The molecule has 1 unspecified atom stereocenters. The summed E-state index contributed by atoms with van der Waals surface area (Å²) in [4.78, 5) is 25.9. The number of para-hydroxylation sites is 1. The van der Waals surface area contributed by atoms with E-state index in [0.717, 1.165) is 53.3 Å². The first kappa shape index (κ1) is 23.7. The van der Waals surface area contributed by atoms with Crippen LogP contribution in [0, 0.1) is 6.92 Å². The summed E-state index contributed by atoms with van der Waals surface area (Å²) < 4.78 is 8.21. The van der Waals surface area contributed by atoms with Gasteiger partial charge < -0.3 is 14.6 Å². The molecule has 1 aliphatic rings. The number of H-pyrrole nitrogens is 1. The fourth-order valence-corrected chi connectivity index (χ4v) is 5.97. The minimum atomic E-state index is -0.391. The standard InChI is InChI=1S/C26H28N8O2S/c1-17-7-8-20-18(15-17)16-19(25(35)27-20)23(24-29-30-31-34(24)13-14-36-2)32-9-11-33(12-10-32)26-28-21-5-3-4-6-22(21)37-26/h3-8,15-16,23H,9-14H2,1-2H3,(H,27,35). The van der Waals surface area contributed by atoms with Crippen molar-refractivity contribution in [2.24, 2.45) is 0 Å². The largest absolute Gasteiger partial charge is 0.383 e. The van der Waals surface area contributed by atoms with E-state index in [9.17, 15) is 4.79 Å². The second-order valence-corrected chi connectivity index (χ2v) is 10.3. The average molecular weight is 517 g/mol. The first-order valence-corrected chi connectivity index (χ1v) is 13.2. The molecule has 11 heteroatoms. The number of pyridine rings is 1. The quantitative estimate of drug-likeness (QED) is 0.352. The van der Waals surface area contributed by atoms with Gasteiger partial charge in [-0.25, -0.2) is 9.67 Å². The number of anilines is 1. The number of nitrogens with zero attached hydrogens (tertiary/aromatic N) is 7. The van der Waals surface area contributed by atoms with E-state index >= 15 is 0 Å². The molecule has 5 aromatic rings. The molecule has 0 bridgehead atoms. The summed E-state index contributed by atoms with van der Waals surface area (Å²) in [5, 5.41) is 14.6. The highest BCUT2D eigenvalue weighted by Crippen LogP contribution is 2.32. The van der Waals surface area contributed by atoms with E-state index in [1.807, 2.05) is 37.3 Å². The molecule has 1 saturated heterocycles. The molecule has 10 nitrogen and oxygen atoms in total. The van der Waals surface area contributed by atoms with E-state index in [0.29, 0.717) is 24.5 Å². The topological polar surface area (TPSA) is 105 Å². The molecular weight excluding hydrogens is 488 g/mol. The first-order chi connectivity index (χ1) is 18.1.